The maximum Gasteiger partial charge on any atom is 0.231 e. The Bertz CT molecular complexity index is 757. The van der Waals surface area contributed by atoms with Crippen LogP contribution in [0, 0.1) is 5.41 Å². The van der Waals surface area contributed by atoms with Gasteiger partial charge in [0.1, 0.15) is 12.4 Å². The second-order valence-corrected chi connectivity index (χ2v) is 7.59. The van der Waals surface area contributed by atoms with E-state index in [4.69, 9.17) is 10.5 Å². The fraction of sp³-hybridized carbons (Fsp3) is 0.389. The van der Waals surface area contributed by atoms with Crippen LogP contribution in [0.3, 0.4) is 0 Å². The van der Waals surface area contributed by atoms with E-state index in [0.717, 1.165) is 0 Å². The Balaban J connectivity index is 0.00000364. The fourth-order valence-electron chi connectivity index (χ4n) is 1.91. The lowest BCUT2D eigenvalue weighted by Gasteiger charge is -2.15. The van der Waals surface area contributed by atoms with Crippen molar-refractivity contribution in [3.8, 4) is 5.75 Å². The first-order chi connectivity index (χ1) is 12.3. The predicted octanol–water partition coefficient (Wildman–Crippen LogP) is 3.07. The first-order valence-electron chi connectivity index (χ1n) is 8.26. The first kappa shape index (κ1) is 22.9. The Morgan fingerprint density at radius 3 is 2.44 bits per heavy atom. The molecule has 0 fully saturated rings. The molecule has 1 heterocycles. The van der Waals surface area contributed by atoms with Crippen molar-refractivity contribution < 1.29 is 14.3 Å². The van der Waals surface area contributed by atoms with E-state index in [9.17, 15) is 9.59 Å². The molecule has 2 aromatic rings. The number of amides is 2. The summed E-state index contributed by atoms with van der Waals surface area (Å²) in [6, 6.07) is 7.07. The molecule has 0 unspecified atom stereocenters. The topological polar surface area (TPSA) is 106 Å². The molecule has 4 N–H and O–H groups in total. The van der Waals surface area contributed by atoms with Crippen molar-refractivity contribution in [3.63, 3.8) is 0 Å². The van der Waals surface area contributed by atoms with Crippen LogP contribution in [0.15, 0.2) is 29.6 Å². The van der Waals surface area contributed by atoms with Crippen molar-refractivity contribution in [3.05, 3.63) is 35.3 Å². The maximum absolute atomic E-state index is 12.1. The molecular formula is C18H25ClN4O3S. The van der Waals surface area contributed by atoms with Crippen molar-refractivity contribution in [1.82, 2.24) is 4.98 Å². The number of thiazole rings is 1. The summed E-state index contributed by atoms with van der Waals surface area (Å²) in [7, 11) is 0. The number of halogens is 1. The standard InChI is InChI=1S/C18H24N4O3S.ClH/c1-18(2,3)16(24)22-17-21-13(11-26-17)10-15(23)20-12-4-6-14(7-5-12)25-9-8-19;/h4-7,11H,8-10,19H2,1-3H3,(H,20,23)(H,21,22,24);1H. The third-order valence-electron chi connectivity index (χ3n) is 3.32. The Labute approximate surface area is 169 Å². The zero-order chi connectivity index (χ0) is 19.2. The lowest BCUT2D eigenvalue weighted by atomic mass is 9.96. The largest absolute Gasteiger partial charge is 0.492 e. The van der Waals surface area contributed by atoms with Gasteiger partial charge in [-0.3, -0.25) is 9.59 Å². The molecule has 148 valence electrons. The van der Waals surface area contributed by atoms with Gasteiger partial charge in [-0.15, -0.1) is 23.7 Å². The Kier molecular flexibility index (Phi) is 8.68. The van der Waals surface area contributed by atoms with Crippen LogP contribution in [0.25, 0.3) is 0 Å². The van der Waals surface area contributed by atoms with E-state index in [1.165, 1.54) is 11.3 Å². The molecule has 0 radical (unpaired) electrons. The summed E-state index contributed by atoms with van der Waals surface area (Å²) in [6.07, 6.45) is 0.132. The highest BCUT2D eigenvalue weighted by molar-refractivity contribution is 7.13. The van der Waals surface area contributed by atoms with E-state index in [2.05, 4.69) is 15.6 Å². The Hall–Kier alpha value is -2.16. The molecule has 9 heteroatoms. The van der Waals surface area contributed by atoms with Crippen LogP contribution in [0.2, 0.25) is 0 Å². The number of anilines is 2. The summed E-state index contributed by atoms with van der Waals surface area (Å²) < 4.78 is 5.39. The van der Waals surface area contributed by atoms with Gasteiger partial charge < -0.3 is 21.1 Å². The van der Waals surface area contributed by atoms with Crippen LogP contribution in [-0.2, 0) is 16.0 Å². The van der Waals surface area contributed by atoms with Crippen LogP contribution in [0.5, 0.6) is 5.75 Å². The quantitative estimate of drug-likeness (QED) is 0.647. The van der Waals surface area contributed by atoms with Crippen LogP contribution in [-0.4, -0.2) is 29.9 Å². The lowest BCUT2D eigenvalue weighted by Crippen LogP contribution is -2.27. The summed E-state index contributed by atoms with van der Waals surface area (Å²) in [4.78, 5) is 28.4. The van der Waals surface area contributed by atoms with Gasteiger partial charge in [0.2, 0.25) is 11.8 Å². The predicted molar refractivity (Wildman–Crippen MR) is 111 cm³/mol. The smallest absolute Gasteiger partial charge is 0.231 e. The highest BCUT2D eigenvalue weighted by atomic mass is 35.5. The molecule has 0 aliphatic carbocycles. The highest BCUT2D eigenvalue weighted by Gasteiger charge is 2.22. The summed E-state index contributed by atoms with van der Waals surface area (Å²) in [6.45, 7) is 6.39. The monoisotopic (exact) mass is 412 g/mol. The number of nitrogens with one attached hydrogen (secondary N) is 2. The number of benzene rings is 1. The van der Waals surface area contributed by atoms with Crippen molar-refractivity contribution in [2.45, 2.75) is 27.2 Å². The minimum absolute atomic E-state index is 0. The van der Waals surface area contributed by atoms with Gasteiger partial charge in [-0.25, -0.2) is 4.98 Å². The second-order valence-electron chi connectivity index (χ2n) is 6.73. The molecule has 2 rings (SSSR count). The Morgan fingerprint density at radius 2 is 1.85 bits per heavy atom. The van der Waals surface area contributed by atoms with E-state index < -0.39 is 5.41 Å². The summed E-state index contributed by atoms with van der Waals surface area (Å²) in [5, 5.41) is 7.83. The molecular weight excluding hydrogens is 388 g/mol. The molecule has 2 amide bonds. The van der Waals surface area contributed by atoms with Gasteiger partial charge >= 0.3 is 0 Å². The van der Waals surface area contributed by atoms with Crippen molar-refractivity contribution in [2.75, 3.05) is 23.8 Å². The molecule has 0 spiro atoms. The number of hydrogen-bond acceptors (Lipinski definition) is 6. The minimum atomic E-state index is -0.497. The third kappa shape index (κ3) is 7.54. The number of carbonyl (C=O) groups is 2. The molecule has 1 aromatic heterocycles. The number of carbonyl (C=O) groups excluding carboxylic acids is 2. The number of aromatic nitrogens is 1. The van der Waals surface area contributed by atoms with Crippen LogP contribution < -0.4 is 21.1 Å². The highest BCUT2D eigenvalue weighted by Crippen LogP contribution is 2.21. The first-order valence-corrected chi connectivity index (χ1v) is 9.14. The van der Waals surface area contributed by atoms with Gasteiger partial charge in [0, 0.05) is 23.0 Å². The van der Waals surface area contributed by atoms with Gasteiger partial charge in [0.25, 0.3) is 0 Å². The average molecular weight is 413 g/mol. The van der Waals surface area contributed by atoms with Gasteiger partial charge in [0.05, 0.1) is 12.1 Å². The molecule has 0 aliphatic heterocycles. The third-order valence-corrected chi connectivity index (χ3v) is 4.13. The SMILES string of the molecule is CC(C)(C)C(=O)Nc1nc(CC(=O)Nc2ccc(OCCN)cc2)cs1.Cl. The van der Waals surface area contributed by atoms with E-state index in [1.807, 2.05) is 20.8 Å². The molecule has 1 aromatic carbocycles. The summed E-state index contributed by atoms with van der Waals surface area (Å²) in [5.74, 6) is 0.409. The Morgan fingerprint density at radius 1 is 1.19 bits per heavy atom. The van der Waals surface area contributed by atoms with E-state index in [1.54, 1.807) is 29.6 Å². The fourth-order valence-corrected chi connectivity index (χ4v) is 2.62. The van der Waals surface area contributed by atoms with E-state index >= 15 is 0 Å². The maximum atomic E-state index is 12.1. The normalized spacial score (nSPS) is 10.7. The van der Waals surface area contributed by atoms with Gasteiger partial charge in [-0.05, 0) is 24.3 Å². The van der Waals surface area contributed by atoms with Crippen LogP contribution in [0.1, 0.15) is 26.5 Å². The zero-order valence-corrected chi connectivity index (χ0v) is 17.2. The van der Waals surface area contributed by atoms with Crippen LogP contribution in [0.4, 0.5) is 10.8 Å². The molecule has 27 heavy (non-hydrogen) atoms. The molecule has 0 aliphatic rings. The number of nitrogens with two attached hydrogens (primary N) is 1. The minimum Gasteiger partial charge on any atom is -0.492 e. The van der Waals surface area contributed by atoms with Gasteiger partial charge in [-0.2, -0.15) is 0 Å². The van der Waals surface area contributed by atoms with Crippen LogP contribution >= 0.6 is 23.7 Å². The van der Waals surface area contributed by atoms with Crippen molar-refractivity contribution in [2.24, 2.45) is 11.1 Å². The average Bonchev–Trinajstić information content (AvgIpc) is 3.00. The van der Waals surface area contributed by atoms with Crippen molar-refractivity contribution in [1.29, 1.82) is 0 Å². The number of rotatable bonds is 7. The van der Waals surface area contributed by atoms with E-state index in [0.29, 0.717) is 35.4 Å². The number of nitrogens with zero attached hydrogens (tertiary/aromatic N) is 1. The molecule has 0 atom stereocenters. The van der Waals surface area contributed by atoms with Gasteiger partial charge in [-0.1, -0.05) is 20.8 Å². The molecule has 0 saturated heterocycles. The second kappa shape index (κ2) is 10.2. The summed E-state index contributed by atoms with van der Waals surface area (Å²) >= 11 is 1.30. The van der Waals surface area contributed by atoms with E-state index in [-0.39, 0.29) is 30.6 Å². The van der Waals surface area contributed by atoms with Gasteiger partial charge in [0.15, 0.2) is 5.13 Å². The number of ether oxygens (including phenoxy) is 1. The number of hydrogen-bond donors (Lipinski definition) is 3. The molecule has 0 bridgehead atoms. The molecule has 7 nitrogen and oxygen atoms in total. The zero-order valence-electron chi connectivity index (χ0n) is 15.6. The molecule has 0 saturated carbocycles. The summed E-state index contributed by atoms with van der Waals surface area (Å²) in [5.41, 5.74) is 6.17. The van der Waals surface area contributed by atoms with Crippen molar-refractivity contribution >= 4 is 46.4 Å². The lowest BCUT2D eigenvalue weighted by molar-refractivity contribution is -0.123.